The van der Waals surface area contributed by atoms with Gasteiger partial charge in [0.1, 0.15) is 5.82 Å². The number of methoxy groups -OCH3 is 1. The Labute approximate surface area is 115 Å². The lowest BCUT2D eigenvalue weighted by Gasteiger charge is -2.37. The lowest BCUT2D eigenvalue weighted by atomic mass is 9.86. The number of benzene rings is 1. The summed E-state index contributed by atoms with van der Waals surface area (Å²) in [4.78, 5) is 0. The van der Waals surface area contributed by atoms with Crippen LogP contribution in [-0.4, -0.2) is 19.3 Å². The van der Waals surface area contributed by atoms with Crippen molar-refractivity contribution in [1.29, 1.82) is 0 Å². The van der Waals surface area contributed by atoms with Crippen molar-refractivity contribution in [1.82, 2.24) is 5.32 Å². The molecule has 0 aliphatic heterocycles. The minimum Gasteiger partial charge on any atom is -0.376 e. The molecule has 2 nitrogen and oxygen atoms in total. The smallest absolute Gasteiger partial charge is 0.126 e. The van der Waals surface area contributed by atoms with Gasteiger partial charge in [0.05, 0.1) is 11.6 Å². The molecule has 1 aliphatic carbocycles. The third-order valence-electron chi connectivity index (χ3n) is 4.32. The second kappa shape index (κ2) is 6.02. The molecule has 0 spiro atoms. The van der Waals surface area contributed by atoms with Gasteiger partial charge in [-0.15, -0.1) is 0 Å². The molecule has 1 unspecified atom stereocenters. The fourth-order valence-corrected chi connectivity index (χ4v) is 3.18. The van der Waals surface area contributed by atoms with Crippen LogP contribution in [-0.2, 0) is 4.74 Å². The molecule has 1 aromatic rings. The average Bonchev–Trinajstić information content (AvgIpc) is 2.89. The zero-order valence-corrected chi connectivity index (χ0v) is 12.1. The molecule has 106 valence electrons. The highest BCUT2D eigenvalue weighted by atomic mass is 19.1. The van der Waals surface area contributed by atoms with Crippen molar-refractivity contribution in [2.75, 3.05) is 13.7 Å². The highest BCUT2D eigenvalue weighted by molar-refractivity contribution is 5.28. The summed E-state index contributed by atoms with van der Waals surface area (Å²) >= 11 is 0. The molecule has 0 radical (unpaired) electrons. The summed E-state index contributed by atoms with van der Waals surface area (Å²) in [5.74, 6) is -0.135. The van der Waals surface area contributed by atoms with Gasteiger partial charge in [0.25, 0.3) is 0 Å². The van der Waals surface area contributed by atoms with Crippen molar-refractivity contribution in [2.45, 2.75) is 51.2 Å². The molecule has 1 aliphatic rings. The van der Waals surface area contributed by atoms with Gasteiger partial charge in [-0.2, -0.15) is 0 Å². The van der Waals surface area contributed by atoms with Crippen molar-refractivity contribution in [3.05, 3.63) is 35.1 Å². The Kier molecular flexibility index (Phi) is 4.58. The molecule has 19 heavy (non-hydrogen) atoms. The number of likely N-dealkylation sites (N-methyl/N-ethyl adjacent to an activating group) is 1. The predicted molar refractivity (Wildman–Crippen MR) is 75.8 cm³/mol. The highest BCUT2D eigenvalue weighted by Crippen LogP contribution is 2.42. The molecule has 0 saturated heterocycles. The van der Waals surface area contributed by atoms with Gasteiger partial charge in [-0.05, 0) is 43.5 Å². The van der Waals surface area contributed by atoms with Gasteiger partial charge in [0.15, 0.2) is 0 Å². The van der Waals surface area contributed by atoms with E-state index < -0.39 is 0 Å². The van der Waals surface area contributed by atoms with Crippen molar-refractivity contribution in [2.24, 2.45) is 0 Å². The molecule has 0 heterocycles. The molecule has 1 fully saturated rings. The first kappa shape index (κ1) is 14.5. The largest absolute Gasteiger partial charge is 0.376 e. The normalized spacial score (nSPS) is 19.6. The van der Waals surface area contributed by atoms with E-state index in [0.717, 1.165) is 24.9 Å². The molecule has 0 bridgehead atoms. The predicted octanol–water partition coefficient (Wildman–Crippen LogP) is 3.74. The lowest BCUT2D eigenvalue weighted by Crippen LogP contribution is -2.43. The van der Waals surface area contributed by atoms with E-state index in [4.69, 9.17) is 4.74 Å². The minimum atomic E-state index is -0.183. The third-order valence-corrected chi connectivity index (χ3v) is 4.32. The summed E-state index contributed by atoms with van der Waals surface area (Å²) in [6.07, 6.45) is 4.45. The van der Waals surface area contributed by atoms with E-state index in [2.05, 4.69) is 12.2 Å². The zero-order chi connectivity index (χ0) is 13.9. The Morgan fingerprint density at radius 1 is 1.37 bits per heavy atom. The van der Waals surface area contributed by atoms with E-state index in [9.17, 15) is 4.39 Å². The first-order valence-corrected chi connectivity index (χ1v) is 7.17. The van der Waals surface area contributed by atoms with Crippen LogP contribution >= 0.6 is 0 Å². The highest BCUT2D eigenvalue weighted by Gasteiger charge is 2.42. The number of hydrogen-bond acceptors (Lipinski definition) is 2. The van der Waals surface area contributed by atoms with Gasteiger partial charge in [-0.25, -0.2) is 4.39 Å². The van der Waals surface area contributed by atoms with Crippen molar-refractivity contribution in [3.8, 4) is 0 Å². The quantitative estimate of drug-likeness (QED) is 0.875. The summed E-state index contributed by atoms with van der Waals surface area (Å²) in [6, 6.07) is 5.60. The average molecular weight is 265 g/mol. The maximum Gasteiger partial charge on any atom is 0.126 e. The molecule has 0 aromatic heterocycles. The van der Waals surface area contributed by atoms with E-state index in [1.165, 1.54) is 12.8 Å². The van der Waals surface area contributed by atoms with E-state index in [1.807, 2.05) is 12.1 Å². The molecular formula is C16H24FNO. The van der Waals surface area contributed by atoms with Gasteiger partial charge in [-0.3, -0.25) is 0 Å². The van der Waals surface area contributed by atoms with Crippen LogP contribution < -0.4 is 5.32 Å². The van der Waals surface area contributed by atoms with E-state index >= 15 is 0 Å². The summed E-state index contributed by atoms with van der Waals surface area (Å²) in [6.45, 7) is 4.73. The van der Waals surface area contributed by atoms with Gasteiger partial charge >= 0.3 is 0 Å². The van der Waals surface area contributed by atoms with Crippen LogP contribution in [0.3, 0.4) is 0 Å². The maximum absolute atomic E-state index is 13.8. The number of hydrogen-bond donors (Lipinski definition) is 1. The Balaban J connectivity index is 2.35. The molecule has 0 amide bonds. The fourth-order valence-electron chi connectivity index (χ4n) is 3.18. The molecule has 3 heteroatoms. The molecule has 2 rings (SSSR count). The van der Waals surface area contributed by atoms with Crippen molar-refractivity contribution >= 4 is 0 Å². The molecule has 1 saturated carbocycles. The van der Waals surface area contributed by atoms with Crippen LogP contribution in [0, 0.1) is 12.7 Å². The van der Waals surface area contributed by atoms with Gasteiger partial charge in [-0.1, -0.05) is 31.9 Å². The first-order chi connectivity index (χ1) is 9.13. The monoisotopic (exact) mass is 265 g/mol. The SMILES string of the molecule is CCNC(c1ccc(C)c(F)c1)C1(OC)CCCC1. The Morgan fingerprint density at radius 2 is 2.05 bits per heavy atom. The lowest BCUT2D eigenvalue weighted by molar-refractivity contribution is -0.0364. The van der Waals surface area contributed by atoms with Crippen LogP contribution in [0.25, 0.3) is 0 Å². The van der Waals surface area contributed by atoms with E-state index in [0.29, 0.717) is 5.56 Å². The van der Waals surface area contributed by atoms with E-state index in [1.54, 1.807) is 20.1 Å². The Morgan fingerprint density at radius 3 is 2.58 bits per heavy atom. The summed E-state index contributed by atoms with van der Waals surface area (Å²) in [5, 5.41) is 3.49. The molecular weight excluding hydrogens is 241 g/mol. The van der Waals surface area contributed by atoms with Crippen LogP contribution in [0.2, 0.25) is 0 Å². The second-order valence-electron chi connectivity index (χ2n) is 5.48. The number of halogens is 1. The Bertz CT molecular complexity index is 427. The summed E-state index contributed by atoms with van der Waals surface area (Å²) in [5.41, 5.74) is 1.50. The molecule has 1 atom stereocenters. The number of nitrogens with one attached hydrogen (secondary N) is 1. The van der Waals surface area contributed by atoms with Crippen molar-refractivity contribution < 1.29 is 9.13 Å². The topological polar surface area (TPSA) is 21.3 Å². The Hall–Kier alpha value is -0.930. The van der Waals surface area contributed by atoms with Gasteiger partial charge in [0.2, 0.25) is 0 Å². The van der Waals surface area contributed by atoms with Crippen LogP contribution in [0.15, 0.2) is 18.2 Å². The second-order valence-corrected chi connectivity index (χ2v) is 5.48. The van der Waals surface area contributed by atoms with Gasteiger partial charge < -0.3 is 10.1 Å². The standard InChI is InChI=1S/C16H24FNO/c1-4-18-15(16(19-3)9-5-6-10-16)13-8-7-12(2)14(17)11-13/h7-8,11,15,18H,4-6,9-10H2,1-3H3. The van der Waals surface area contributed by atoms with Crippen LogP contribution in [0.5, 0.6) is 0 Å². The summed E-state index contributed by atoms with van der Waals surface area (Å²) < 4.78 is 19.7. The van der Waals surface area contributed by atoms with Crippen molar-refractivity contribution in [3.63, 3.8) is 0 Å². The van der Waals surface area contributed by atoms with E-state index in [-0.39, 0.29) is 17.5 Å². The fraction of sp³-hybridized carbons (Fsp3) is 0.625. The maximum atomic E-state index is 13.8. The molecule has 1 N–H and O–H groups in total. The number of rotatable bonds is 5. The number of ether oxygens (including phenoxy) is 1. The van der Waals surface area contributed by atoms with Crippen LogP contribution in [0.1, 0.15) is 49.8 Å². The summed E-state index contributed by atoms with van der Waals surface area (Å²) in [7, 11) is 1.78. The van der Waals surface area contributed by atoms with Crippen LogP contribution in [0.4, 0.5) is 4.39 Å². The minimum absolute atomic E-state index is 0.0695. The zero-order valence-electron chi connectivity index (χ0n) is 12.1. The number of aryl methyl sites for hydroxylation is 1. The van der Waals surface area contributed by atoms with Gasteiger partial charge in [0, 0.05) is 7.11 Å². The third kappa shape index (κ3) is 2.82. The molecule has 1 aromatic carbocycles. The first-order valence-electron chi connectivity index (χ1n) is 7.17.